The summed E-state index contributed by atoms with van der Waals surface area (Å²) in [5, 5.41) is 2.80. The SMILES string of the molecule is CCCOCCCNS(=O)(=O)c1ccc(F)c(CNC)c1. The van der Waals surface area contributed by atoms with Gasteiger partial charge in [-0.25, -0.2) is 17.5 Å². The van der Waals surface area contributed by atoms with E-state index in [1.807, 2.05) is 6.92 Å². The number of nitrogens with one attached hydrogen (secondary N) is 2. The second kappa shape index (κ2) is 9.09. The Hall–Kier alpha value is -1.02. The first-order valence-electron chi connectivity index (χ1n) is 7.01. The molecule has 1 rings (SSSR count). The summed E-state index contributed by atoms with van der Waals surface area (Å²) in [5.41, 5.74) is 0.326. The Morgan fingerprint density at radius 2 is 2.05 bits per heavy atom. The highest BCUT2D eigenvalue weighted by atomic mass is 32.2. The van der Waals surface area contributed by atoms with E-state index in [9.17, 15) is 12.8 Å². The molecule has 0 heterocycles. The van der Waals surface area contributed by atoms with Crippen molar-refractivity contribution in [1.29, 1.82) is 0 Å². The summed E-state index contributed by atoms with van der Waals surface area (Å²) in [5.74, 6) is -0.420. The van der Waals surface area contributed by atoms with Gasteiger partial charge >= 0.3 is 0 Å². The van der Waals surface area contributed by atoms with E-state index in [2.05, 4.69) is 10.0 Å². The summed E-state index contributed by atoms with van der Waals surface area (Å²) in [6.45, 7) is 3.79. The van der Waals surface area contributed by atoms with Crippen LogP contribution in [0.5, 0.6) is 0 Å². The molecule has 7 heteroatoms. The number of halogens is 1. The maximum atomic E-state index is 13.5. The molecule has 120 valence electrons. The Balaban J connectivity index is 2.59. The minimum Gasteiger partial charge on any atom is -0.381 e. The fourth-order valence-corrected chi connectivity index (χ4v) is 2.88. The molecule has 0 unspecified atom stereocenters. The molecule has 0 fully saturated rings. The lowest BCUT2D eigenvalue weighted by molar-refractivity contribution is 0.133. The molecule has 0 aliphatic carbocycles. The van der Waals surface area contributed by atoms with Gasteiger partial charge in [0.05, 0.1) is 4.90 Å². The van der Waals surface area contributed by atoms with E-state index < -0.39 is 15.8 Å². The molecule has 5 nitrogen and oxygen atoms in total. The number of rotatable bonds is 10. The van der Waals surface area contributed by atoms with Crippen molar-refractivity contribution < 1.29 is 17.5 Å². The van der Waals surface area contributed by atoms with Gasteiger partial charge in [0.1, 0.15) is 5.82 Å². The zero-order chi connectivity index (χ0) is 15.7. The molecule has 1 aromatic rings. The second-order valence-corrected chi connectivity index (χ2v) is 6.41. The standard InChI is InChI=1S/C14H23FN2O3S/c1-3-8-20-9-4-7-17-21(18,19)13-5-6-14(15)12(10-13)11-16-2/h5-6,10,16-17H,3-4,7-9,11H2,1-2H3. The predicted octanol–water partition coefficient (Wildman–Crippen LogP) is 1.64. The van der Waals surface area contributed by atoms with Crippen LogP contribution in [0.25, 0.3) is 0 Å². The Bertz CT molecular complexity index is 535. The van der Waals surface area contributed by atoms with Crippen LogP contribution in [0.15, 0.2) is 23.1 Å². The monoisotopic (exact) mass is 318 g/mol. The van der Waals surface area contributed by atoms with Crippen LogP contribution in [-0.4, -0.2) is 35.2 Å². The quantitative estimate of drug-likeness (QED) is 0.644. The van der Waals surface area contributed by atoms with Crippen LogP contribution in [0.3, 0.4) is 0 Å². The molecular formula is C14H23FN2O3S. The molecule has 2 N–H and O–H groups in total. The molecule has 0 spiro atoms. The summed E-state index contributed by atoms with van der Waals surface area (Å²) >= 11 is 0. The van der Waals surface area contributed by atoms with Gasteiger partial charge in [0.2, 0.25) is 10.0 Å². The summed E-state index contributed by atoms with van der Waals surface area (Å²) in [4.78, 5) is 0.0728. The Labute approximate surface area is 125 Å². The van der Waals surface area contributed by atoms with Gasteiger partial charge in [-0.1, -0.05) is 6.92 Å². The molecular weight excluding hydrogens is 295 g/mol. The van der Waals surface area contributed by atoms with Gasteiger partial charge in [0.15, 0.2) is 0 Å². The van der Waals surface area contributed by atoms with Crippen LogP contribution >= 0.6 is 0 Å². The van der Waals surface area contributed by atoms with E-state index in [0.29, 0.717) is 31.7 Å². The highest BCUT2D eigenvalue weighted by Gasteiger charge is 2.15. The molecule has 0 aliphatic heterocycles. The topological polar surface area (TPSA) is 67.4 Å². The minimum atomic E-state index is -3.61. The minimum absolute atomic E-state index is 0.0728. The number of sulfonamides is 1. The van der Waals surface area contributed by atoms with E-state index >= 15 is 0 Å². The molecule has 0 aromatic heterocycles. The van der Waals surface area contributed by atoms with E-state index in [1.165, 1.54) is 18.2 Å². The number of benzene rings is 1. The maximum Gasteiger partial charge on any atom is 0.240 e. The first-order chi connectivity index (χ1) is 10.0. The van der Waals surface area contributed by atoms with Gasteiger partial charge in [0.25, 0.3) is 0 Å². The first-order valence-corrected chi connectivity index (χ1v) is 8.50. The lowest BCUT2D eigenvalue weighted by atomic mass is 10.2. The van der Waals surface area contributed by atoms with E-state index in [4.69, 9.17) is 4.74 Å². The molecule has 0 bridgehead atoms. The van der Waals surface area contributed by atoms with Crippen molar-refractivity contribution >= 4 is 10.0 Å². The third kappa shape index (κ3) is 6.09. The van der Waals surface area contributed by atoms with Crippen molar-refractivity contribution in [1.82, 2.24) is 10.0 Å². The summed E-state index contributed by atoms with van der Waals surface area (Å²) in [6.07, 6.45) is 1.54. The van der Waals surface area contributed by atoms with Crippen LogP contribution < -0.4 is 10.0 Å². The summed E-state index contributed by atoms with van der Waals surface area (Å²) in [7, 11) is -1.93. The largest absolute Gasteiger partial charge is 0.381 e. The average molecular weight is 318 g/mol. The van der Waals surface area contributed by atoms with Crippen molar-refractivity contribution in [3.05, 3.63) is 29.6 Å². The Morgan fingerprint density at radius 1 is 1.29 bits per heavy atom. The van der Waals surface area contributed by atoms with Crippen LogP contribution in [0, 0.1) is 5.82 Å². The molecule has 0 saturated carbocycles. The van der Waals surface area contributed by atoms with Gasteiger partial charge in [-0.3, -0.25) is 0 Å². The average Bonchev–Trinajstić information content (AvgIpc) is 2.45. The van der Waals surface area contributed by atoms with Crippen molar-refractivity contribution in [2.24, 2.45) is 0 Å². The van der Waals surface area contributed by atoms with E-state index in [-0.39, 0.29) is 11.4 Å². The zero-order valence-electron chi connectivity index (χ0n) is 12.5. The molecule has 1 aromatic carbocycles. The Kier molecular flexibility index (Phi) is 7.81. The fraction of sp³-hybridized carbons (Fsp3) is 0.571. The molecule has 0 atom stereocenters. The molecule has 21 heavy (non-hydrogen) atoms. The van der Waals surface area contributed by atoms with Crippen molar-refractivity contribution in [3.63, 3.8) is 0 Å². The number of hydrogen-bond donors (Lipinski definition) is 2. The molecule has 0 amide bonds. The third-order valence-corrected chi connectivity index (χ3v) is 4.26. The second-order valence-electron chi connectivity index (χ2n) is 4.65. The summed E-state index contributed by atoms with van der Waals surface area (Å²) in [6, 6.07) is 3.79. The summed E-state index contributed by atoms with van der Waals surface area (Å²) < 4.78 is 45.5. The smallest absolute Gasteiger partial charge is 0.240 e. The highest BCUT2D eigenvalue weighted by Crippen LogP contribution is 2.15. The van der Waals surface area contributed by atoms with Crippen molar-refractivity contribution in [2.75, 3.05) is 26.8 Å². The number of ether oxygens (including phenoxy) is 1. The number of hydrogen-bond acceptors (Lipinski definition) is 4. The van der Waals surface area contributed by atoms with Crippen LogP contribution in [0.2, 0.25) is 0 Å². The van der Waals surface area contributed by atoms with Gasteiger partial charge < -0.3 is 10.1 Å². The lowest BCUT2D eigenvalue weighted by Gasteiger charge is -2.09. The van der Waals surface area contributed by atoms with Gasteiger partial charge in [-0.15, -0.1) is 0 Å². The third-order valence-electron chi connectivity index (χ3n) is 2.80. The van der Waals surface area contributed by atoms with Crippen LogP contribution in [0.1, 0.15) is 25.3 Å². The first kappa shape index (κ1) is 18.0. The Morgan fingerprint density at radius 3 is 2.71 bits per heavy atom. The van der Waals surface area contributed by atoms with E-state index in [1.54, 1.807) is 7.05 Å². The van der Waals surface area contributed by atoms with Crippen molar-refractivity contribution in [3.8, 4) is 0 Å². The lowest BCUT2D eigenvalue weighted by Crippen LogP contribution is -2.26. The van der Waals surface area contributed by atoms with Gasteiger partial charge in [-0.2, -0.15) is 0 Å². The fourth-order valence-electron chi connectivity index (χ4n) is 1.75. The van der Waals surface area contributed by atoms with Crippen molar-refractivity contribution in [2.45, 2.75) is 31.2 Å². The van der Waals surface area contributed by atoms with Crippen LogP contribution in [0.4, 0.5) is 4.39 Å². The molecule has 0 aliphatic rings. The van der Waals surface area contributed by atoms with Gasteiger partial charge in [0, 0.05) is 31.9 Å². The van der Waals surface area contributed by atoms with E-state index in [0.717, 1.165) is 6.42 Å². The van der Waals surface area contributed by atoms with Crippen LogP contribution in [-0.2, 0) is 21.3 Å². The zero-order valence-corrected chi connectivity index (χ0v) is 13.3. The highest BCUT2D eigenvalue weighted by molar-refractivity contribution is 7.89. The van der Waals surface area contributed by atoms with Gasteiger partial charge in [-0.05, 0) is 38.1 Å². The molecule has 0 saturated heterocycles. The molecule has 0 radical (unpaired) electrons. The normalized spacial score (nSPS) is 11.8. The maximum absolute atomic E-state index is 13.5. The predicted molar refractivity (Wildman–Crippen MR) is 80.1 cm³/mol.